The lowest BCUT2D eigenvalue weighted by Crippen LogP contribution is -1.63. The Morgan fingerprint density at radius 3 is 2.54 bits per heavy atom. The third kappa shape index (κ3) is 2.90. The highest BCUT2D eigenvalue weighted by atomic mass is 32.1. The van der Waals surface area contributed by atoms with Gasteiger partial charge in [-0.15, -0.1) is 12.6 Å². The Bertz CT molecular complexity index is 397. The molecule has 2 nitrogen and oxygen atoms in total. The normalized spacial score (nSPS) is 8.69. The highest BCUT2D eigenvalue weighted by Crippen LogP contribution is 2.11. The van der Waals surface area contributed by atoms with Crippen molar-refractivity contribution < 1.29 is 0 Å². The minimum atomic E-state index is 0.668. The highest BCUT2D eigenvalue weighted by Gasteiger charge is 1.94. The molecule has 66 valence electrons. The van der Waals surface area contributed by atoms with Crippen LogP contribution in [-0.4, -0.2) is 14.3 Å². The maximum atomic E-state index is 4.12. The Morgan fingerprint density at radius 2 is 1.92 bits per heavy atom. The molecular weight excluding hydrogens is 220 g/mol. The van der Waals surface area contributed by atoms with Gasteiger partial charge in [-0.25, -0.2) is 4.98 Å². The summed E-state index contributed by atoms with van der Waals surface area (Å²) in [6, 6.07) is 7.84. The lowest BCUT2D eigenvalue weighted by atomic mass is 10.3. The molecule has 0 bridgehead atoms. The van der Waals surface area contributed by atoms with E-state index >= 15 is 0 Å². The van der Waals surface area contributed by atoms with Crippen molar-refractivity contribution in [2.45, 2.75) is 5.16 Å². The number of imidazole rings is 1. The largest absolute Gasteiger partial charge is 0.333 e. The Kier molecular flexibility index (Phi) is 4.05. The number of hydrogen-bond donors (Lipinski definition) is 2. The van der Waals surface area contributed by atoms with Crippen molar-refractivity contribution >= 4 is 52.4 Å². The van der Waals surface area contributed by atoms with Gasteiger partial charge in [-0.05, 0) is 36.6 Å². The number of benzene rings is 1. The zero-order chi connectivity index (χ0) is 9.68. The number of thiocarbonyl (C=S) groups is 2. The van der Waals surface area contributed by atoms with Crippen molar-refractivity contribution in [3.8, 4) is 0 Å². The van der Waals surface area contributed by atoms with Gasteiger partial charge in [0.15, 0.2) is 5.16 Å². The number of para-hydroxylation sites is 2. The molecule has 0 aliphatic heterocycles. The fraction of sp³-hybridized carbons (Fsp3) is 0. The topological polar surface area (TPSA) is 28.7 Å². The van der Waals surface area contributed by atoms with E-state index in [9.17, 15) is 0 Å². The number of nitrogens with one attached hydrogen (secondary N) is 1. The highest BCUT2D eigenvalue weighted by molar-refractivity contribution is 7.93. The van der Waals surface area contributed by atoms with Gasteiger partial charge in [0.2, 0.25) is 0 Å². The molecule has 5 heteroatoms. The molecule has 1 heterocycles. The lowest BCUT2D eigenvalue weighted by molar-refractivity contribution is 1.09. The second kappa shape index (κ2) is 5.09. The molecule has 0 fully saturated rings. The van der Waals surface area contributed by atoms with E-state index in [1.54, 1.807) is 0 Å². The first kappa shape index (κ1) is 10.3. The van der Waals surface area contributed by atoms with Gasteiger partial charge in [-0.3, -0.25) is 0 Å². The molecule has 0 saturated heterocycles. The standard InChI is InChI=1S/C7H6N2S.CS2/c10-7-8-5-3-1-2-4-6(5)9-7;2-1-3/h1-4H,(H2,8,9,10);. The molecule has 1 N–H and O–H groups in total. The average Bonchev–Trinajstić information content (AvgIpc) is 2.45. The van der Waals surface area contributed by atoms with Crippen LogP contribution in [0.2, 0.25) is 0 Å². The summed E-state index contributed by atoms with van der Waals surface area (Å²) in [6.07, 6.45) is 0. The Labute approximate surface area is 91.8 Å². The molecule has 0 spiro atoms. The fourth-order valence-electron chi connectivity index (χ4n) is 0.939. The molecule has 1 aromatic carbocycles. The van der Waals surface area contributed by atoms with Crippen LogP contribution < -0.4 is 0 Å². The monoisotopic (exact) mass is 226 g/mol. The van der Waals surface area contributed by atoms with Crippen molar-refractivity contribution in [2.24, 2.45) is 0 Å². The van der Waals surface area contributed by atoms with Gasteiger partial charge in [-0.1, -0.05) is 12.1 Å². The van der Waals surface area contributed by atoms with Crippen LogP contribution in [0.25, 0.3) is 11.0 Å². The van der Waals surface area contributed by atoms with Crippen LogP contribution in [0.3, 0.4) is 0 Å². The summed E-state index contributed by atoms with van der Waals surface area (Å²) >= 11 is 12.0. The van der Waals surface area contributed by atoms with E-state index in [-0.39, 0.29) is 0 Å². The summed E-state index contributed by atoms with van der Waals surface area (Å²) in [5.41, 5.74) is 2.00. The summed E-state index contributed by atoms with van der Waals surface area (Å²) in [5, 5.41) is 0.668. The second-order valence-electron chi connectivity index (χ2n) is 2.16. The third-order valence-corrected chi connectivity index (χ3v) is 1.59. The zero-order valence-electron chi connectivity index (χ0n) is 6.52. The Balaban J connectivity index is 0.000000251. The van der Waals surface area contributed by atoms with Crippen molar-refractivity contribution in [3.05, 3.63) is 24.3 Å². The number of thiol groups is 1. The van der Waals surface area contributed by atoms with Crippen LogP contribution >= 0.6 is 37.1 Å². The molecule has 2 aromatic rings. The maximum absolute atomic E-state index is 4.12. The van der Waals surface area contributed by atoms with Crippen molar-refractivity contribution in [1.82, 2.24) is 9.97 Å². The van der Waals surface area contributed by atoms with Gasteiger partial charge >= 0.3 is 0 Å². The first-order valence-corrected chi connectivity index (χ1v) is 4.67. The predicted octanol–water partition coefficient (Wildman–Crippen LogP) is 2.87. The number of rotatable bonds is 0. The molecular formula is C8H6N2S3. The minimum absolute atomic E-state index is 0.668. The molecule has 0 aliphatic carbocycles. The van der Waals surface area contributed by atoms with Crippen molar-refractivity contribution in [3.63, 3.8) is 0 Å². The molecule has 0 atom stereocenters. The zero-order valence-corrected chi connectivity index (χ0v) is 9.05. The molecule has 0 saturated carbocycles. The molecule has 2 rings (SSSR count). The second-order valence-corrected chi connectivity index (χ2v) is 3.25. The fourth-order valence-corrected chi connectivity index (χ4v) is 1.17. The van der Waals surface area contributed by atoms with Gasteiger partial charge in [0.25, 0.3) is 0 Å². The van der Waals surface area contributed by atoms with Gasteiger partial charge in [0, 0.05) is 4.31 Å². The molecule has 0 unspecified atom stereocenters. The quantitative estimate of drug-likeness (QED) is 0.534. The minimum Gasteiger partial charge on any atom is -0.333 e. The molecule has 0 aliphatic rings. The van der Waals surface area contributed by atoms with Crippen LogP contribution in [0, 0.1) is 0 Å². The van der Waals surface area contributed by atoms with E-state index in [0.717, 1.165) is 11.0 Å². The third-order valence-electron chi connectivity index (χ3n) is 1.38. The van der Waals surface area contributed by atoms with Crippen molar-refractivity contribution in [1.29, 1.82) is 0 Å². The number of fused-ring (bicyclic) bond motifs is 1. The SMILES string of the molecule is S=C=S.Sc1nc2ccccc2[nH]1. The summed E-state index contributed by atoms with van der Waals surface area (Å²) in [6.45, 7) is 0. The smallest absolute Gasteiger partial charge is 0.163 e. The molecule has 13 heavy (non-hydrogen) atoms. The van der Waals surface area contributed by atoms with Gasteiger partial charge in [0.1, 0.15) is 0 Å². The number of H-pyrrole nitrogens is 1. The van der Waals surface area contributed by atoms with Crippen LogP contribution in [0.15, 0.2) is 29.4 Å². The summed E-state index contributed by atoms with van der Waals surface area (Å²) in [7, 11) is 0. The number of aromatic amines is 1. The van der Waals surface area contributed by atoms with Crippen LogP contribution in [0.4, 0.5) is 0 Å². The molecule has 0 radical (unpaired) electrons. The molecule has 1 aromatic heterocycles. The van der Waals surface area contributed by atoms with Gasteiger partial charge in [-0.2, -0.15) is 0 Å². The first-order valence-electron chi connectivity index (χ1n) is 3.41. The van der Waals surface area contributed by atoms with Crippen molar-refractivity contribution in [2.75, 3.05) is 0 Å². The predicted molar refractivity (Wildman–Crippen MR) is 63.5 cm³/mol. The summed E-state index contributed by atoms with van der Waals surface area (Å²) < 4.78 is 1.92. The Morgan fingerprint density at radius 1 is 1.31 bits per heavy atom. The Hall–Kier alpha value is -0.740. The maximum Gasteiger partial charge on any atom is 0.163 e. The van der Waals surface area contributed by atoms with E-state index in [1.165, 1.54) is 0 Å². The lowest BCUT2D eigenvalue weighted by Gasteiger charge is -1.81. The van der Waals surface area contributed by atoms with E-state index in [4.69, 9.17) is 0 Å². The molecule has 0 amide bonds. The van der Waals surface area contributed by atoms with Crippen LogP contribution in [0.1, 0.15) is 0 Å². The van der Waals surface area contributed by atoms with E-state index in [0.29, 0.717) is 5.16 Å². The van der Waals surface area contributed by atoms with Gasteiger partial charge < -0.3 is 4.98 Å². The number of aromatic nitrogens is 2. The summed E-state index contributed by atoms with van der Waals surface area (Å²) in [4.78, 5) is 7.13. The average molecular weight is 226 g/mol. The number of nitrogens with zero attached hydrogens (tertiary/aromatic N) is 1. The van der Waals surface area contributed by atoms with Crippen LogP contribution in [-0.2, 0) is 0 Å². The van der Waals surface area contributed by atoms with E-state index in [2.05, 4.69) is 47.0 Å². The van der Waals surface area contributed by atoms with E-state index in [1.807, 2.05) is 28.6 Å². The van der Waals surface area contributed by atoms with Gasteiger partial charge in [0.05, 0.1) is 11.0 Å². The van der Waals surface area contributed by atoms with Crippen LogP contribution in [0.5, 0.6) is 0 Å². The van der Waals surface area contributed by atoms with E-state index < -0.39 is 0 Å². The first-order chi connectivity index (χ1) is 6.27. The number of hydrogen-bond acceptors (Lipinski definition) is 4. The summed E-state index contributed by atoms with van der Waals surface area (Å²) in [5.74, 6) is 0.